The van der Waals surface area contributed by atoms with Crippen molar-refractivity contribution in [1.82, 2.24) is 4.90 Å². The lowest BCUT2D eigenvalue weighted by Crippen LogP contribution is -2.49. The molecular formula is C19H27Cl2N3O2. The van der Waals surface area contributed by atoms with Gasteiger partial charge < -0.3 is 16.0 Å². The summed E-state index contributed by atoms with van der Waals surface area (Å²) in [6.07, 6.45) is 5.19. The van der Waals surface area contributed by atoms with Crippen LogP contribution in [0.2, 0.25) is 5.02 Å². The summed E-state index contributed by atoms with van der Waals surface area (Å²) in [5.41, 5.74) is 6.94. The number of hydrogen-bond acceptors (Lipinski definition) is 3. The van der Waals surface area contributed by atoms with E-state index in [4.69, 9.17) is 17.3 Å². The monoisotopic (exact) mass is 399 g/mol. The molecule has 26 heavy (non-hydrogen) atoms. The lowest BCUT2D eigenvalue weighted by molar-refractivity contribution is -0.139. The lowest BCUT2D eigenvalue weighted by Gasteiger charge is -2.44. The van der Waals surface area contributed by atoms with Crippen molar-refractivity contribution < 1.29 is 9.59 Å². The highest BCUT2D eigenvalue weighted by Gasteiger charge is 2.41. The molecule has 2 amide bonds. The number of carbonyl (C=O) groups is 2. The minimum atomic E-state index is -0.217. The molecule has 0 aromatic heterocycles. The number of hydrogen-bond donors (Lipinski definition) is 2. The highest BCUT2D eigenvalue weighted by Crippen LogP contribution is 2.42. The number of nitrogens with zero attached hydrogens (tertiary/aromatic N) is 1. The first-order chi connectivity index (χ1) is 11.9. The predicted molar refractivity (Wildman–Crippen MR) is 106 cm³/mol. The van der Waals surface area contributed by atoms with Crippen LogP contribution in [0, 0.1) is 17.8 Å². The minimum absolute atomic E-state index is 0. The molecule has 5 nitrogen and oxygen atoms in total. The van der Waals surface area contributed by atoms with E-state index < -0.39 is 0 Å². The number of halogens is 2. The molecule has 0 saturated heterocycles. The Kier molecular flexibility index (Phi) is 7.33. The van der Waals surface area contributed by atoms with Crippen molar-refractivity contribution in [3.05, 3.63) is 29.3 Å². The van der Waals surface area contributed by atoms with Crippen LogP contribution in [0.3, 0.4) is 0 Å². The Labute approximate surface area is 166 Å². The molecule has 2 unspecified atom stereocenters. The first kappa shape index (κ1) is 21.0. The van der Waals surface area contributed by atoms with Crippen LogP contribution in [0.15, 0.2) is 24.3 Å². The van der Waals surface area contributed by atoms with Crippen LogP contribution in [0.1, 0.15) is 32.1 Å². The number of likely N-dealkylation sites (N-methyl/N-ethyl adjacent to an activating group) is 1. The third-order valence-electron chi connectivity index (χ3n) is 5.63. The summed E-state index contributed by atoms with van der Waals surface area (Å²) < 4.78 is 0. The molecule has 0 aliphatic heterocycles. The van der Waals surface area contributed by atoms with Gasteiger partial charge in [-0.2, -0.15) is 0 Å². The summed E-state index contributed by atoms with van der Waals surface area (Å²) in [5, 5.41) is 3.34. The van der Waals surface area contributed by atoms with E-state index in [1.807, 2.05) is 0 Å². The Morgan fingerprint density at radius 2 is 1.92 bits per heavy atom. The summed E-state index contributed by atoms with van der Waals surface area (Å²) >= 11 is 5.92. The van der Waals surface area contributed by atoms with Crippen LogP contribution in [-0.4, -0.2) is 36.3 Å². The molecule has 144 valence electrons. The number of anilines is 1. The molecule has 0 heterocycles. The van der Waals surface area contributed by atoms with Crippen molar-refractivity contribution in [2.75, 3.05) is 18.9 Å². The first-order valence-corrected chi connectivity index (χ1v) is 9.38. The highest BCUT2D eigenvalue weighted by molar-refractivity contribution is 6.30. The molecule has 2 fully saturated rings. The molecule has 3 N–H and O–H groups in total. The van der Waals surface area contributed by atoms with Crippen molar-refractivity contribution in [2.45, 2.75) is 38.1 Å². The van der Waals surface area contributed by atoms with E-state index in [0.29, 0.717) is 22.5 Å². The average Bonchev–Trinajstić information content (AvgIpc) is 2.53. The zero-order valence-electron chi connectivity index (χ0n) is 15.0. The fourth-order valence-electron chi connectivity index (χ4n) is 4.36. The molecule has 2 saturated carbocycles. The molecule has 2 atom stereocenters. The minimum Gasteiger partial charge on any atom is -0.336 e. The molecule has 2 bridgehead atoms. The van der Waals surface area contributed by atoms with E-state index in [0.717, 1.165) is 25.7 Å². The molecule has 1 aromatic carbocycles. The maximum Gasteiger partial charge on any atom is 0.243 e. The normalized spacial score (nSPS) is 27.2. The van der Waals surface area contributed by atoms with Gasteiger partial charge in [0.05, 0.1) is 6.54 Å². The Bertz CT molecular complexity index is 641. The Morgan fingerprint density at radius 3 is 2.54 bits per heavy atom. The third-order valence-corrected chi connectivity index (χ3v) is 5.86. The first-order valence-electron chi connectivity index (χ1n) is 9.00. The van der Waals surface area contributed by atoms with Crippen LogP contribution in [0.4, 0.5) is 5.69 Å². The number of nitrogens with one attached hydrogen (secondary N) is 1. The van der Waals surface area contributed by atoms with E-state index >= 15 is 0 Å². The number of benzene rings is 1. The van der Waals surface area contributed by atoms with Gasteiger partial charge in [0.15, 0.2) is 0 Å². The standard InChI is InChI=1S/C19H26ClN3O2.ClH/c1-23(11-17(24)22-16-7-3-6-15(20)10-16)19(25)14-8-12-4-2-5-13(9-14)18(12)21;/h3,6-7,10,12-14,18H,2,4-5,8-9,11,21H2,1H3,(H,22,24);1H. The molecular weight excluding hydrogens is 373 g/mol. The molecule has 1 aromatic rings. The number of amides is 2. The predicted octanol–water partition coefficient (Wildman–Crippen LogP) is 3.31. The van der Waals surface area contributed by atoms with Gasteiger partial charge in [0, 0.05) is 29.7 Å². The molecule has 0 spiro atoms. The van der Waals surface area contributed by atoms with Crippen LogP contribution in [-0.2, 0) is 9.59 Å². The van der Waals surface area contributed by atoms with Gasteiger partial charge in [0.1, 0.15) is 0 Å². The smallest absolute Gasteiger partial charge is 0.243 e. The lowest BCUT2D eigenvalue weighted by atomic mass is 9.65. The van der Waals surface area contributed by atoms with Gasteiger partial charge in [-0.15, -0.1) is 12.4 Å². The van der Waals surface area contributed by atoms with Crippen molar-refractivity contribution in [1.29, 1.82) is 0 Å². The van der Waals surface area contributed by atoms with Crippen molar-refractivity contribution in [2.24, 2.45) is 23.5 Å². The molecule has 0 radical (unpaired) electrons. The van der Waals surface area contributed by atoms with Crippen molar-refractivity contribution in [3.63, 3.8) is 0 Å². The molecule has 3 rings (SSSR count). The van der Waals surface area contributed by atoms with Crippen molar-refractivity contribution in [3.8, 4) is 0 Å². The van der Waals surface area contributed by atoms with Gasteiger partial charge in [0.2, 0.25) is 11.8 Å². The van der Waals surface area contributed by atoms with Gasteiger partial charge in [-0.3, -0.25) is 9.59 Å². The summed E-state index contributed by atoms with van der Waals surface area (Å²) in [5.74, 6) is 0.750. The van der Waals surface area contributed by atoms with E-state index in [9.17, 15) is 9.59 Å². The maximum absolute atomic E-state index is 12.8. The quantitative estimate of drug-likeness (QED) is 0.814. The molecule has 2 aliphatic rings. The van der Waals surface area contributed by atoms with Crippen LogP contribution in [0.25, 0.3) is 0 Å². The third kappa shape index (κ3) is 4.90. The van der Waals surface area contributed by atoms with Gasteiger partial charge in [0.25, 0.3) is 0 Å². The van der Waals surface area contributed by atoms with Crippen LogP contribution in [0.5, 0.6) is 0 Å². The van der Waals surface area contributed by atoms with Gasteiger partial charge in [-0.1, -0.05) is 24.1 Å². The second-order valence-electron chi connectivity index (χ2n) is 7.45. The van der Waals surface area contributed by atoms with Crippen molar-refractivity contribution >= 4 is 41.5 Å². The van der Waals surface area contributed by atoms with Crippen LogP contribution < -0.4 is 11.1 Å². The SMILES string of the molecule is CN(CC(=O)Nc1cccc(Cl)c1)C(=O)C1CC2CCCC(C1)C2N.Cl. The fraction of sp³-hybridized carbons (Fsp3) is 0.579. The van der Waals surface area contributed by atoms with E-state index in [1.165, 1.54) is 11.3 Å². The van der Waals surface area contributed by atoms with Gasteiger partial charge >= 0.3 is 0 Å². The Morgan fingerprint density at radius 1 is 1.27 bits per heavy atom. The summed E-state index contributed by atoms with van der Waals surface area (Å²) in [6.45, 7) is 0.0449. The molecule has 7 heteroatoms. The Hall–Kier alpha value is -1.30. The Balaban J connectivity index is 0.00000243. The topological polar surface area (TPSA) is 75.4 Å². The fourth-order valence-corrected chi connectivity index (χ4v) is 4.55. The summed E-state index contributed by atoms with van der Waals surface area (Å²) in [4.78, 5) is 26.5. The zero-order valence-corrected chi connectivity index (χ0v) is 16.6. The van der Waals surface area contributed by atoms with E-state index in [2.05, 4.69) is 5.32 Å². The number of rotatable bonds is 4. The molecule has 2 aliphatic carbocycles. The van der Waals surface area contributed by atoms with E-state index in [1.54, 1.807) is 31.3 Å². The average molecular weight is 400 g/mol. The second-order valence-corrected chi connectivity index (χ2v) is 7.89. The van der Waals surface area contributed by atoms with Gasteiger partial charge in [-0.25, -0.2) is 0 Å². The van der Waals surface area contributed by atoms with E-state index in [-0.39, 0.29) is 42.7 Å². The zero-order chi connectivity index (χ0) is 18.0. The number of carbonyl (C=O) groups excluding carboxylic acids is 2. The summed E-state index contributed by atoms with van der Waals surface area (Å²) in [7, 11) is 1.70. The van der Waals surface area contributed by atoms with Crippen LogP contribution >= 0.6 is 24.0 Å². The number of fused-ring (bicyclic) bond motifs is 2. The largest absolute Gasteiger partial charge is 0.336 e. The number of nitrogens with two attached hydrogens (primary N) is 1. The highest BCUT2D eigenvalue weighted by atomic mass is 35.5. The maximum atomic E-state index is 12.8. The summed E-state index contributed by atoms with van der Waals surface area (Å²) in [6, 6.07) is 7.23. The second kappa shape index (κ2) is 9.07. The van der Waals surface area contributed by atoms with Gasteiger partial charge in [-0.05, 0) is 55.7 Å².